The third-order valence-electron chi connectivity index (χ3n) is 3.71. The average molecular weight is 253 g/mol. The molecule has 0 N–H and O–H groups in total. The van der Waals surface area contributed by atoms with Crippen LogP contribution < -0.4 is 9.64 Å². The molecule has 0 aliphatic carbocycles. The second kappa shape index (κ2) is 4.96. The van der Waals surface area contributed by atoms with Crippen LogP contribution in [-0.2, 0) is 6.42 Å². The first kappa shape index (κ1) is 12.1. The summed E-state index contributed by atoms with van der Waals surface area (Å²) in [5.74, 6) is 1.04. The molecule has 0 radical (unpaired) electrons. The van der Waals surface area contributed by atoms with Crippen LogP contribution in [0.4, 0.5) is 11.4 Å². The molecule has 0 unspecified atom stereocenters. The zero-order chi connectivity index (χ0) is 13.2. The topological polar surface area (TPSA) is 12.5 Å². The Morgan fingerprint density at radius 3 is 2.53 bits per heavy atom. The number of rotatable bonds is 2. The minimum Gasteiger partial charge on any atom is -0.493 e. The van der Waals surface area contributed by atoms with Gasteiger partial charge in [-0.3, -0.25) is 0 Å². The first-order chi connectivity index (χ1) is 9.24. The van der Waals surface area contributed by atoms with Crippen molar-refractivity contribution >= 4 is 11.4 Å². The van der Waals surface area contributed by atoms with Gasteiger partial charge in [0.25, 0.3) is 0 Å². The Bertz CT molecular complexity index is 574. The first-order valence-electron chi connectivity index (χ1n) is 6.80. The highest BCUT2D eigenvalue weighted by atomic mass is 16.5. The largest absolute Gasteiger partial charge is 0.493 e. The van der Waals surface area contributed by atoms with E-state index in [4.69, 9.17) is 4.74 Å². The van der Waals surface area contributed by atoms with E-state index in [1.54, 1.807) is 0 Å². The van der Waals surface area contributed by atoms with E-state index in [0.717, 1.165) is 25.2 Å². The molecule has 0 aromatic heterocycles. The van der Waals surface area contributed by atoms with Gasteiger partial charge in [0.15, 0.2) is 0 Å². The maximum atomic E-state index is 5.74. The maximum absolute atomic E-state index is 5.74. The Morgan fingerprint density at radius 1 is 1.00 bits per heavy atom. The van der Waals surface area contributed by atoms with Crippen LogP contribution in [-0.4, -0.2) is 13.7 Å². The van der Waals surface area contributed by atoms with E-state index in [1.807, 2.05) is 0 Å². The molecule has 0 fully saturated rings. The second-order valence-corrected chi connectivity index (χ2v) is 5.14. The summed E-state index contributed by atoms with van der Waals surface area (Å²) in [5, 5.41) is 0. The van der Waals surface area contributed by atoms with Crippen molar-refractivity contribution in [1.82, 2.24) is 0 Å². The molecule has 0 saturated heterocycles. The van der Waals surface area contributed by atoms with Crippen molar-refractivity contribution < 1.29 is 4.74 Å². The molecule has 1 heterocycles. The molecule has 2 nitrogen and oxygen atoms in total. The fourth-order valence-corrected chi connectivity index (χ4v) is 2.45. The third-order valence-corrected chi connectivity index (χ3v) is 3.71. The fourth-order valence-electron chi connectivity index (χ4n) is 2.45. The number of nitrogens with zero attached hydrogens (tertiary/aromatic N) is 1. The van der Waals surface area contributed by atoms with E-state index in [-0.39, 0.29) is 0 Å². The van der Waals surface area contributed by atoms with Crippen LogP contribution in [0.25, 0.3) is 0 Å². The summed E-state index contributed by atoms with van der Waals surface area (Å²) in [6.07, 6.45) is 2.25. The van der Waals surface area contributed by atoms with Crippen LogP contribution in [0.5, 0.6) is 5.75 Å². The number of benzene rings is 2. The third kappa shape index (κ3) is 2.43. The van der Waals surface area contributed by atoms with Crippen molar-refractivity contribution in [2.45, 2.75) is 19.8 Å². The molecular weight excluding hydrogens is 234 g/mol. The molecule has 2 heteroatoms. The lowest BCUT2D eigenvalue weighted by molar-refractivity contribution is 0.288. The van der Waals surface area contributed by atoms with Gasteiger partial charge in [-0.05, 0) is 43.5 Å². The van der Waals surface area contributed by atoms with Gasteiger partial charge in [0.1, 0.15) is 5.75 Å². The summed E-state index contributed by atoms with van der Waals surface area (Å²) in [4.78, 5) is 2.19. The van der Waals surface area contributed by atoms with Crippen molar-refractivity contribution in [3.8, 4) is 5.75 Å². The number of fused-ring (bicyclic) bond motifs is 1. The van der Waals surface area contributed by atoms with E-state index >= 15 is 0 Å². The average Bonchev–Trinajstić information content (AvgIpc) is 2.47. The minimum atomic E-state index is 0.838. The van der Waals surface area contributed by atoms with Gasteiger partial charge in [-0.15, -0.1) is 0 Å². The smallest absolute Gasteiger partial charge is 0.124 e. The van der Waals surface area contributed by atoms with Crippen LogP contribution in [0.2, 0.25) is 0 Å². The molecule has 3 rings (SSSR count). The highest BCUT2D eigenvalue weighted by Gasteiger charge is 2.12. The summed E-state index contributed by atoms with van der Waals surface area (Å²) in [6.45, 7) is 2.95. The summed E-state index contributed by atoms with van der Waals surface area (Å²) in [7, 11) is 2.09. The van der Waals surface area contributed by atoms with Gasteiger partial charge in [-0.1, -0.05) is 23.8 Å². The maximum Gasteiger partial charge on any atom is 0.124 e. The number of ether oxygens (including phenoxy) is 1. The normalized spacial score (nSPS) is 13.6. The van der Waals surface area contributed by atoms with Crippen molar-refractivity contribution in [3.63, 3.8) is 0 Å². The number of hydrogen-bond donors (Lipinski definition) is 0. The van der Waals surface area contributed by atoms with E-state index in [9.17, 15) is 0 Å². The standard InChI is InChI=1S/C17H19NO/c1-13-5-8-15(9-6-13)18(2)16-10-7-14-4-3-11-19-17(14)12-16/h5-10,12H,3-4,11H2,1-2H3. The summed E-state index contributed by atoms with van der Waals surface area (Å²) in [5.41, 5.74) is 4.98. The van der Waals surface area contributed by atoms with Gasteiger partial charge in [0, 0.05) is 24.5 Å². The zero-order valence-corrected chi connectivity index (χ0v) is 11.5. The van der Waals surface area contributed by atoms with E-state index in [1.165, 1.54) is 22.5 Å². The summed E-state index contributed by atoms with van der Waals surface area (Å²) >= 11 is 0. The molecule has 98 valence electrons. The van der Waals surface area contributed by atoms with Crippen LogP contribution in [0, 0.1) is 6.92 Å². The van der Waals surface area contributed by atoms with Gasteiger partial charge in [0.05, 0.1) is 6.61 Å². The Hall–Kier alpha value is -1.96. The van der Waals surface area contributed by atoms with Gasteiger partial charge < -0.3 is 9.64 Å². The second-order valence-electron chi connectivity index (χ2n) is 5.14. The number of anilines is 2. The number of aryl methyl sites for hydroxylation is 2. The molecule has 19 heavy (non-hydrogen) atoms. The van der Waals surface area contributed by atoms with Gasteiger partial charge in [0.2, 0.25) is 0 Å². The summed E-state index contributed by atoms with van der Waals surface area (Å²) in [6, 6.07) is 15.1. The zero-order valence-electron chi connectivity index (χ0n) is 11.5. The van der Waals surface area contributed by atoms with Crippen LogP contribution >= 0.6 is 0 Å². The molecule has 0 spiro atoms. The van der Waals surface area contributed by atoms with E-state index < -0.39 is 0 Å². The van der Waals surface area contributed by atoms with Gasteiger partial charge in [-0.25, -0.2) is 0 Å². The predicted octanol–water partition coefficient (Wildman–Crippen LogP) is 4.09. The van der Waals surface area contributed by atoms with Crippen molar-refractivity contribution in [2.75, 3.05) is 18.6 Å². The molecule has 0 atom stereocenters. The van der Waals surface area contributed by atoms with Crippen molar-refractivity contribution in [3.05, 3.63) is 53.6 Å². The van der Waals surface area contributed by atoms with E-state index in [0.29, 0.717) is 0 Å². The van der Waals surface area contributed by atoms with Crippen molar-refractivity contribution in [1.29, 1.82) is 0 Å². The molecular formula is C17H19NO. The highest BCUT2D eigenvalue weighted by Crippen LogP contribution is 2.32. The molecule has 0 bridgehead atoms. The fraction of sp³-hybridized carbons (Fsp3) is 0.294. The molecule has 1 aliphatic heterocycles. The molecule has 2 aromatic rings. The number of hydrogen-bond acceptors (Lipinski definition) is 2. The lowest BCUT2D eigenvalue weighted by atomic mass is 10.1. The van der Waals surface area contributed by atoms with Crippen LogP contribution in [0.3, 0.4) is 0 Å². The molecule has 1 aliphatic rings. The van der Waals surface area contributed by atoms with Crippen LogP contribution in [0.1, 0.15) is 17.5 Å². The lowest BCUT2D eigenvalue weighted by Crippen LogP contribution is -2.12. The SMILES string of the molecule is Cc1ccc(N(C)c2ccc3c(c2)OCCC3)cc1. The Labute approximate surface area is 114 Å². The van der Waals surface area contributed by atoms with Gasteiger partial charge >= 0.3 is 0 Å². The quantitative estimate of drug-likeness (QED) is 0.799. The molecule has 0 saturated carbocycles. The molecule has 0 amide bonds. The van der Waals surface area contributed by atoms with Gasteiger partial charge in [-0.2, -0.15) is 0 Å². The Balaban J connectivity index is 1.91. The molecule has 2 aromatic carbocycles. The highest BCUT2D eigenvalue weighted by molar-refractivity contribution is 5.65. The first-order valence-corrected chi connectivity index (χ1v) is 6.80. The summed E-state index contributed by atoms with van der Waals surface area (Å²) < 4.78 is 5.74. The lowest BCUT2D eigenvalue weighted by Gasteiger charge is -2.23. The van der Waals surface area contributed by atoms with E-state index in [2.05, 4.69) is 61.3 Å². The Kier molecular flexibility index (Phi) is 3.16. The van der Waals surface area contributed by atoms with Crippen molar-refractivity contribution in [2.24, 2.45) is 0 Å². The monoisotopic (exact) mass is 253 g/mol. The Morgan fingerprint density at radius 2 is 1.74 bits per heavy atom. The predicted molar refractivity (Wildman–Crippen MR) is 79.5 cm³/mol. The van der Waals surface area contributed by atoms with Crippen LogP contribution in [0.15, 0.2) is 42.5 Å². The minimum absolute atomic E-state index is 0.838.